The third-order valence-corrected chi connectivity index (χ3v) is 5.99. The van der Waals surface area contributed by atoms with Gasteiger partial charge in [0.25, 0.3) is 17.7 Å². The third kappa shape index (κ3) is 5.26. The number of ether oxygens (including phenoxy) is 1. The smallest absolute Gasteiger partial charge is 0.273 e. The van der Waals surface area contributed by atoms with Crippen molar-refractivity contribution in [2.75, 3.05) is 30.9 Å². The van der Waals surface area contributed by atoms with Crippen LogP contribution in [0.15, 0.2) is 40.8 Å². The van der Waals surface area contributed by atoms with Gasteiger partial charge in [-0.25, -0.2) is 0 Å². The quantitative estimate of drug-likeness (QED) is 0.373. The molecule has 34 heavy (non-hydrogen) atoms. The van der Waals surface area contributed by atoms with Gasteiger partial charge in [0.15, 0.2) is 11.7 Å². The molecule has 1 aromatic carbocycles. The summed E-state index contributed by atoms with van der Waals surface area (Å²) in [6.07, 6.45) is 0.802. The molecule has 180 valence electrons. The number of methoxy groups -OCH3 is 1. The molecule has 5 N–H and O–H groups in total. The number of amides is 3. The maximum absolute atomic E-state index is 13.8. The molecule has 2 heterocycles. The molecule has 0 aliphatic carbocycles. The first-order chi connectivity index (χ1) is 16.3. The third-order valence-electron chi connectivity index (χ3n) is 5.14. The van der Waals surface area contributed by atoms with Crippen LogP contribution in [0.1, 0.15) is 50.2 Å². The summed E-state index contributed by atoms with van der Waals surface area (Å²) in [5, 5.41) is 2.77. The normalized spacial score (nSPS) is 11.7. The number of furan rings is 1. The van der Waals surface area contributed by atoms with Gasteiger partial charge >= 0.3 is 0 Å². The number of carbonyl (C=O) groups excluding carboxylic acids is 3. The molecule has 0 aliphatic rings. The Morgan fingerprint density at radius 2 is 1.91 bits per heavy atom. The molecule has 0 saturated heterocycles. The van der Waals surface area contributed by atoms with Gasteiger partial charge in [-0.2, -0.15) is 4.37 Å². The number of benzene rings is 1. The van der Waals surface area contributed by atoms with Gasteiger partial charge in [-0.15, -0.1) is 0 Å². The number of nitrogen functional groups attached to an aromatic ring is 1. The number of aromatic nitrogens is 1. The van der Waals surface area contributed by atoms with Crippen LogP contribution in [0.3, 0.4) is 0 Å². The lowest BCUT2D eigenvalue weighted by Crippen LogP contribution is -2.44. The standard InChI is InChI=1S/C23H27N5O5S/c1-4-14-6-8-15(9-7-14)28(23(31)20-17(24)18(21(25)29)27-34-20)19(16-10-5-13(2)33-16)22(30)26-11-12-32-3/h5-10,19H,4,11-12,24H2,1-3H3,(H2,25,29)(H,26,30)/t19-/m0/s1. The summed E-state index contributed by atoms with van der Waals surface area (Å²) in [5.41, 5.74) is 12.5. The Morgan fingerprint density at radius 3 is 2.44 bits per heavy atom. The van der Waals surface area contributed by atoms with E-state index in [1.54, 1.807) is 31.2 Å². The van der Waals surface area contributed by atoms with Gasteiger partial charge in [0.1, 0.15) is 16.4 Å². The molecule has 0 aliphatic heterocycles. The molecule has 3 rings (SSSR count). The highest BCUT2D eigenvalue weighted by Gasteiger charge is 2.37. The summed E-state index contributed by atoms with van der Waals surface area (Å²) in [6.45, 7) is 4.28. The van der Waals surface area contributed by atoms with Gasteiger partial charge in [-0.05, 0) is 54.7 Å². The number of nitrogens with one attached hydrogen (secondary N) is 1. The lowest BCUT2D eigenvalue weighted by atomic mass is 10.1. The van der Waals surface area contributed by atoms with Gasteiger partial charge in [0.05, 0.1) is 12.3 Å². The van der Waals surface area contributed by atoms with Crippen molar-refractivity contribution in [2.45, 2.75) is 26.3 Å². The maximum atomic E-state index is 13.8. The van der Waals surface area contributed by atoms with E-state index in [1.807, 2.05) is 19.1 Å². The second kappa shape index (κ2) is 10.9. The molecule has 3 aromatic rings. The van der Waals surface area contributed by atoms with Crippen molar-refractivity contribution < 1.29 is 23.5 Å². The van der Waals surface area contributed by atoms with Crippen molar-refractivity contribution in [1.29, 1.82) is 0 Å². The highest BCUT2D eigenvalue weighted by molar-refractivity contribution is 7.09. The topological polar surface area (TPSA) is 154 Å². The van der Waals surface area contributed by atoms with E-state index in [9.17, 15) is 14.4 Å². The summed E-state index contributed by atoms with van der Waals surface area (Å²) < 4.78 is 14.7. The van der Waals surface area contributed by atoms with Crippen LogP contribution in [-0.4, -0.2) is 42.4 Å². The van der Waals surface area contributed by atoms with Gasteiger partial charge in [-0.3, -0.25) is 19.3 Å². The number of rotatable bonds is 10. The minimum absolute atomic E-state index is 0.00802. The molecule has 0 saturated carbocycles. The van der Waals surface area contributed by atoms with Gasteiger partial charge in [-0.1, -0.05) is 19.1 Å². The highest BCUT2D eigenvalue weighted by atomic mass is 32.1. The summed E-state index contributed by atoms with van der Waals surface area (Å²) in [5.74, 6) is -1.10. The summed E-state index contributed by atoms with van der Waals surface area (Å²) >= 11 is 0.745. The monoisotopic (exact) mass is 485 g/mol. The van der Waals surface area contributed by atoms with Crippen LogP contribution < -0.4 is 21.7 Å². The molecule has 0 radical (unpaired) electrons. The number of hydrogen-bond donors (Lipinski definition) is 3. The number of anilines is 2. The molecule has 2 aromatic heterocycles. The van der Waals surface area contributed by atoms with Crippen molar-refractivity contribution in [3.63, 3.8) is 0 Å². The molecular formula is C23H27N5O5S. The molecule has 0 unspecified atom stereocenters. The first-order valence-electron chi connectivity index (χ1n) is 10.6. The first kappa shape index (κ1) is 24.9. The van der Waals surface area contributed by atoms with E-state index in [-0.39, 0.29) is 28.6 Å². The zero-order valence-electron chi connectivity index (χ0n) is 19.2. The molecule has 10 nitrogen and oxygen atoms in total. The number of hydrogen-bond acceptors (Lipinski definition) is 8. The lowest BCUT2D eigenvalue weighted by molar-refractivity contribution is -0.123. The van der Waals surface area contributed by atoms with Crippen molar-refractivity contribution >= 4 is 40.6 Å². The second-order valence-corrected chi connectivity index (χ2v) is 8.24. The van der Waals surface area contributed by atoms with Crippen LogP contribution in [0.25, 0.3) is 0 Å². The number of aryl methyl sites for hydroxylation is 2. The summed E-state index contributed by atoms with van der Waals surface area (Å²) in [6, 6.07) is 9.41. The Hall–Kier alpha value is -3.70. The Balaban J connectivity index is 2.14. The van der Waals surface area contributed by atoms with Gasteiger partial charge in [0.2, 0.25) is 0 Å². The number of primary amides is 1. The second-order valence-electron chi connectivity index (χ2n) is 7.47. The van der Waals surface area contributed by atoms with E-state index in [0.29, 0.717) is 18.1 Å². The van der Waals surface area contributed by atoms with E-state index in [4.69, 9.17) is 20.6 Å². The Bertz CT molecular complexity index is 1170. The van der Waals surface area contributed by atoms with Gasteiger partial charge in [0, 0.05) is 19.3 Å². The fourth-order valence-corrected chi connectivity index (χ4v) is 4.10. The molecule has 0 fully saturated rings. The average Bonchev–Trinajstić information content (AvgIpc) is 3.42. The first-order valence-corrected chi connectivity index (χ1v) is 11.4. The molecule has 3 amide bonds. The predicted molar refractivity (Wildman–Crippen MR) is 129 cm³/mol. The van der Waals surface area contributed by atoms with E-state index in [0.717, 1.165) is 23.5 Å². The SMILES string of the molecule is CCc1ccc(N(C(=O)c2snc(C(N)=O)c2N)[C@H](C(=O)NCCOC)c2ccc(C)o2)cc1. The van der Waals surface area contributed by atoms with Crippen LogP contribution in [0.5, 0.6) is 0 Å². The molecule has 0 bridgehead atoms. The van der Waals surface area contributed by atoms with E-state index >= 15 is 0 Å². The van der Waals surface area contributed by atoms with E-state index in [2.05, 4.69) is 9.69 Å². The maximum Gasteiger partial charge on any atom is 0.273 e. The molecule has 0 spiro atoms. The van der Waals surface area contributed by atoms with Crippen LogP contribution in [0, 0.1) is 6.92 Å². The zero-order chi connectivity index (χ0) is 24.8. The van der Waals surface area contributed by atoms with Crippen molar-refractivity contribution in [3.8, 4) is 0 Å². The molecular weight excluding hydrogens is 458 g/mol. The van der Waals surface area contributed by atoms with Crippen molar-refractivity contribution in [2.24, 2.45) is 5.73 Å². The van der Waals surface area contributed by atoms with Crippen molar-refractivity contribution in [1.82, 2.24) is 9.69 Å². The minimum Gasteiger partial charge on any atom is -0.464 e. The predicted octanol–water partition coefficient (Wildman–Crippen LogP) is 2.44. The van der Waals surface area contributed by atoms with Crippen molar-refractivity contribution in [3.05, 3.63) is 64.1 Å². The highest BCUT2D eigenvalue weighted by Crippen LogP contribution is 2.34. The molecule has 1 atom stereocenters. The Kier molecular flexibility index (Phi) is 8.03. The number of nitrogens with zero attached hydrogens (tertiary/aromatic N) is 2. The number of nitrogens with two attached hydrogens (primary N) is 2. The van der Waals surface area contributed by atoms with E-state index < -0.39 is 23.8 Å². The van der Waals surface area contributed by atoms with Crippen LogP contribution in [0.4, 0.5) is 11.4 Å². The summed E-state index contributed by atoms with van der Waals surface area (Å²) in [7, 11) is 1.52. The largest absolute Gasteiger partial charge is 0.464 e. The van der Waals surface area contributed by atoms with Gasteiger partial charge < -0.3 is 25.9 Å². The number of carbonyl (C=O) groups is 3. The minimum atomic E-state index is -1.16. The van der Waals surface area contributed by atoms with Crippen LogP contribution in [-0.2, 0) is 16.0 Å². The fourth-order valence-electron chi connectivity index (χ4n) is 3.36. The van der Waals surface area contributed by atoms with Crippen LogP contribution in [0.2, 0.25) is 0 Å². The Labute approximate surface area is 201 Å². The fraction of sp³-hybridized carbons (Fsp3) is 0.304. The lowest BCUT2D eigenvalue weighted by Gasteiger charge is -2.29. The van der Waals surface area contributed by atoms with E-state index in [1.165, 1.54) is 12.0 Å². The summed E-state index contributed by atoms with van der Waals surface area (Å²) in [4.78, 5) is 40.1. The average molecular weight is 486 g/mol. The van der Waals surface area contributed by atoms with Crippen LogP contribution >= 0.6 is 11.5 Å². The molecule has 11 heteroatoms. The zero-order valence-corrected chi connectivity index (χ0v) is 20.0. The Morgan fingerprint density at radius 1 is 1.21 bits per heavy atom.